The molecule has 0 fully saturated rings. The van der Waals surface area contributed by atoms with Crippen molar-refractivity contribution >= 4 is 11.4 Å². The minimum Gasteiger partial charge on any atom is -0.504 e. The first-order valence-corrected chi connectivity index (χ1v) is 6.92. The average Bonchev–Trinajstić information content (AvgIpc) is 2.48. The third kappa shape index (κ3) is 3.56. The van der Waals surface area contributed by atoms with E-state index < -0.39 is 0 Å². The van der Waals surface area contributed by atoms with Crippen molar-refractivity contribution in [1.82, 2.24) is 4.98 Å². The molecule has 0 unspecified atom stereocenters. The molecule has 5 nitrogen and oxygen atoms in total. The molecular weight excluding hydrogens is 266 g/mol. The van der Waals surface area contributed by atoms with Gasteiger partial charge in [0.15, 0.2) is 11.5 Å². The predicted octanol–water partition coefficient (Wildman–Crippen LogP) is 2.86. The number of aromatic nitrogens is 1. The van der Waals surface area contributed by atoms with E-state index in [1.165, 1.54) is 0 Å². The fourth-order valence-electron chi connectivity index (χ4n) is 2.09. The molecule has 0 saturated heterocycles. The number of ether oxygens (including phenoxy) is 1. The van der Waals surface area contributed by atoms with Crippen molar-refractivity contribution in [2.75, 3.05) is 30.9 Å². The standard InChI is InChI=1S/C16H21N3O2/c1-4-21-15-7-5-6-12(16(15)20)10-18-13-11-17-9-8-14(13)19(2)3/h5-9,11,18,20H,4,10H2,1-3H3. The highest BCUT2D eigenvalue weighted by molar-refractivity contribution is 5.68. The van der Waals surface area contributed by atoms with Crippen molar-refractivity contribution in [3.63, 3.8) is 0 Å². The van der Waals surface area contributed by atoms with Gasteiger partial charge in [-0.05, 0) is 19.1 Å². The summed E-state index contributed by atoms with van der Waals surface area (Å²) in [5.41, 5.74) is 2.75. The van der Waals surface area contributed by atoms with Gasteiger partial charge in [0.25, 0.3) is 0 Å². The summed E-state index contributed by atoms with van der Waals surface area (Å²) in [5, 5.41) is 13.5. The van der Waals surface area contributed by atoms with E-state index in [1.807, 2.05) is 44.1 Å². The summed E-state index contributed by atoms with van der Waals surface area (Å²) in [6.45, 7) is 2.92. The lowest BCUT2D eigenvalue weighted by molar-refractivity contribution is 0.317. The summed E-state index contributed by atoms with van der Waals surface area (Å²) in [6, 6.07) is 7.45. The normalized spacial score (nSPS) is 10.2. The van der Waals surface area contributed by atoms with Crippen LogP contribution >= 0.6 is 0 Å². The van der Waals surface area contributed by atoms with Crippen molar-refractivity contribution in [3.05, 3.63) is 42.2 Å². The number of benzene rings is 1. The van der Waals surface area contributed by atoms with Crippen LogP contribution in [0.4, 0.5) is 11.4 Å². The van der Waals surface area contributed by atoms with E-state index in [-0.39, 0.29) is 5.75 Å². The van der Waals surface area contributed by atoms with E-state index in [0.717, 1.165) is 16.9 Å². The molecule has 0 bridgehead atoms. The molecule has 0 aliphatic heterocycles. The second kappa shape index (κ2) is 6.83. The molecular formula is C16H21N3O2. The minimum absolute atomic E-state index is 0.183. The van der Waals surface area contributed by atoms with Crippen LogP contribution in [-0.4, -0.2) is 30.8 Å². The van der Waals surface area contributed by atoms with Gasteiger partial charge in [0.05, 0.1) is 24.2 Å². The molecule has 0 spiro atoms. The van der Waals surface area contributed by atoms with Crippen molar-refractivity contribution < 1.29 is 9.84 Å². The van der Waals surface area contributed by atoms with Gasteiger partial charge in [-0.2, -0.15) is 0 Å². The number of hydrogen-bond donors (Lipinski definition) is 2. The highest BCUT2D eigenvalue weighted by Gasteiger charge is 2.09. The van der Waals surface area contributed by atoms with Crippen LogP contribution in [0.15, 0.2) is 36.7 Å². The van der Waals surface area contributed by atoms with E-state index in [2.05, 4.69) is 10.3 Å². The van der Waals surface area contributed by atoms with E-state index in [9.17, 15) is 5.11 Å². The van der Waals surface area contributed by atoms with Crippen LogP contribution < -0.4 is 15.0 Å². The lowest BCUT2D eigenvalue weighted by atomic mass is 10.2. The summed E-state index contributed by atoms with van der Waals surface area (Å²) in [7, 11) is 3.96. The number of pyridine rings is 1. The van der Waals surface area contributed by atoms with Gasteiger partial charge >= 0.3 is 0 Å². The van der Waals surface area contributed by atoms with Gasteiger partial charge in [0.1, 0.15) is 0 Å². The van der Waals surface area contributed by atoms with Crippen molar-refractivity contribution in [1.29, 1.82) is 0 Å². The summed E-state index contributed by atoms with van der Waals surface area (Å²) in [6.07, 6.45) is 3.53. The number of rotatable bonds is 6. The highest BCUT2D eigenvalue weighted by Crippen LogP contribution is 2.31. The molecule has 21 heavy (non-hydrogen) atoms. The Morgan fingerprint density at radius 2 is 2.10 bits per heavy atom. The number of phenols is 1. The lowest BCUT2D eigenvalue weighted by Gasteiger charge is -2.18. The molecule has 0 amide bonds. The molecule has 0 radical (unpaired) electrons. The molecule has 1 aromatic carbocycles. The Labute approximate surface area is 125 Å². The van der Waals surface area contributed by atoms with Crippen LogP contribution in [0.25, 0.3) is 0 Å². The molecule has 0 atom stereocenters. The third-order valence-corrected chi connectivity index (χ3v) is 3.13. The zero-order valence-electron chi connectivity index (χ0n) is 12.6. The van der Waals surface area contributed by atoms with E-state index in [4.69, 9.17) is 4.74 Å². The van der Waals surface area contributed by atoms with Crippen LogP contribution in [0, 0.1) is 0 Å². The van der Waals surface area contributed by atoms with E-state index >= 15 is 0 Å². The zero-order chi connectivity index (χ0) is 15.2. The van der Waals surface area contributed by atoms with Gasteiger partial charge in [0.2, 0.25) is 0 Å². The quantitative estimate of drug-likeness (QED) is 0.855. The first kappa shape index (κ1) is 15.0. The Hall–Kier alpha value is -2.43. The van der Waals surface area contributed by atoms with Crippen molar-refractivity contribution in [3.8, 4) is 11.5 Å². The SMILES string of the molecule is CCOc1cccc(CNc2cnccc2N(C)C)c1O. The van der Waals surface area contributed by atoms with E-state index in [1.54, 1.807) is 18.5 Å². The molecule has 0 saturated carbocycles. The summed E-state index contributed by atoms with van der Waals surface area (Å²) < 4.78 is 5.39. The monoisotopic (exact) mass is 287 g/mol. The highest BCUT2D eigenvalue weighted by atomic mass is 16.5. The Balaban J connectivity index is 2.15. The van der Waals surface area contributed by atoms with Crippen LogP contribution in [-0.2, 0) is 6.54 Å². The van der Waals surface area contributed by atoms with Gasteiger partial charge in [-0.1, -0.05) is 12.1 Å². The van der Waals surface area contributed by atoms with Crippen LogP contribution in [0.2, 0.25) is 0 Å². The molecule has 1 aromatic heterocycles. The second-order valence-corrected chi connectivity index (χ2v) is 4.84. The van der Waals surface area contributed by atoms with Gasteiger partial charge in [-0.15, -0.1) is 0 Å². The third-order valence-electron chi connectivity index (χ3n) is 3.13. The Morgan fingerprint density at radius 1 is 1.29 bits per heavy atom. The molecule has 112 valence electrons. The molecule has 0 aliphatic carbocycles. The predicted molar refractivity (Wildman–Crippen MR) is 85.2 cm³/mol. The molecule has 0 aliphatic rings. The number of hydrogen-bond acceptors (Lipinski definition) is 5. The van der Waals surface area contributed by atoms with Crippen LogP contribution in [0.1, 0.15) is 12.5 Å². The fourth-order valence-corrected chi connectivity index (χ4v) is 2.09. The fraction of sp³-hybridized carbons (Fsp3) is 0.312. The number of nitrogens with zero attached hydrogens (tertiary/aromatic N) is 2. The number of nitrogens with one attached hydrogen (secondary N) is 1. The lowest BCUT2D eigenvalue weighted by Crippen LogP contribution is -2.12. The second-order valence-electron chi connectivity index (χ2n) is 4.84. The molecule has 2 aromatic rings. The molecule has 1 heterocycles. The number of anilines is 2. The Kier molecular flexibility index (Phi) is 4.87. The maximum absolute atomic E-state index is 10.2. The number of para-hydroxylation sites is 1. The number of aromatic hydroxyl groups is 1. The topological polar surface area (TPSA) is 57.6 Å². The van der Waals surface area contributed by atoms with Crippen LogP contribution in [0.5, 0.6) is 11.5 Å². The average molecular weight is 287 g/mol. The summed E-state index contributed by atoms with van der Waals surface area (Å²) in [4.78, 5) is 6.15. The molecule has 5 heteroatoms. The largest absolute Gasteiger partial charge is 0.504 e. The smallest absolute Gasteiger partial charge is 0.162 e. The van der Waals surface area contributed by atoms with Crippen LogP contribution in [0.3, 0.4) is 0 Å². The number of phenolic OH excluding ortho intramolecular Hbond substituents is 1. The molecule has 2 rings (SSSR count). The first-order chi connectivity index (χ1) is 10.1. The Bertz CT molecular complexity index is 600. The molecule has 2 N–H and O–H groups in total. The van der Waals surface area contributed by atoms with Gasteiger partial charge in [0, 0.05) is 32.4 Å². The van der Waals surface area contributed by atoms with Gasteiger partial charge in [-0.3, -0.25) is 4.98 Å². The Morgan fingerprint density at radius 3 is 2.81 bits per heavy atom. The van der Waals surface area contributed by atoms with Crippen molar-refractivity contribution in [2.45, 2.75) is 13.5 Å². The summed E-state index contributed by atoms with van der Waals surface area (Å²) in [5.74, 6) is 0.693. The van der Waals surface area contributed by atoms with E-state index in [0.29, 0.717) is 18.9 Å². The first-order valence-electron chi connectivity index (χ1n) is 6.92. The van der Waals surface area contributed by atoms with Crippen molar-refractivity contribution in [2.24, 2.45) is 0 Å². The summed E-state index contributed by atoms with van der Waals surface area (Å²) >= 11 is 0. The maximum atomic E-state index is 10.2. The minimum atomic E-state index is 0.183. The zero-order valence-corrected chi connectivity index (χ0v) is 12.6. The van der Waals surface area contributed by atoms with Gasteiger partial charge in [-0.25, -0.2) is 0 Å². The maximum Gasteiger partial charge on any atom is 0.162 e. The van der Waals surface area contributed by atoms with Gasteiger partial charge < -0.3 is 20.1 Å².